The zero-order chi connectivity index (χ0) is 14.7. The number of ether oxygens (including phenoxy) is 1. The molecular formula is C15H24N2O2S. The summed E-state index contributed by atoms with van der Waals surface area (Å²) in [5, 5.41) is 5.51. The number of carbonyl (C=O) groups excluding carboxylic acids is 1. The third-order valence-electron chi connectivity index (χ3n) is 3.46. The third-order valence-corrected chi connectivity index (χ3v) is 4.39. The maximum atomic E-state index is 12.5. The molecule has 2 unspecified atom stereocenters. The summed E-state index contributed by atoms with van der Waals surface area (Å²) >= 11 is 1.68. The smallest absolute Gasteiger partial charge is 0.241 e. The molecular weight excluding hydrogens is 272 g/mol. The van der Waals surface area contributed by atoms with Gasteiger partial charge in [0.15, 0.2) is 0 Å². The number of thiophene rings is 1. The van der Waals surface area contributed by atoms with Gasteiger partial charge in [0.25, 0.3) is 0 Å². The lowest BCUT2D eigenvalue weighted by atomic mass is 10.1. The SMILES string of the molecule is CC(C)OCCN1C(=O)C(C(C)C)NC1c1cccs1. The Hall–Kier alpha value is -0.910. The van der Waals surface area contributed by atoms with Gasteiger partial charge in [-0.15, -0.1) is 11.3 Å². The van der Waals surface area contributed by atoms with E-state index in [1.54, 1.807) is 11.3 Å². The van der Waals surface area contributed by atoms with Crippen molar-refractivity contribution in [1.82, 2.24) is 10.2 Å². The fraction of sp³-hybridized carbons (Fsp3) is 0.667. The number of hydrogen-bond donors (Lipinski definition) is 1. The van der Waals surface area contributed by atoms with E-state index in [-0.39, 0.29) is 24.2 Å². The van der Waals surface area contributed by atoms with Crippen molar-refractivity contribution in [3.8, 4) is 0 Å². The van der Waals surface area contributed by atoms with Crippen LogP contribution in [0.2, 0.25) is 0 Å². The van der Waals surface area contributed by atoms with Crippen LogP contribution >= 0.6 is 11.3 Å². The molecule has 2 rings (SSSR count). The van der Waals surface area contributed by atoms with E-state index in [1.807, 2.05) is 30.2 Å². The quantitative estimate of drug-likeness (QED) is 0.877. The lowest BCUT2D eigenvalue weighted by Crippen LogP contribution is -2.36. The molecule has 0 saturated carbocycles. The average molecular weight is 296 g/mol. The number of rotatable bonds is 6. The van der Waals surface area contributed by atoms with E-state index in [0.29, 0.717) is 19.1 Å². The molecule has 20 heavy (non-hydrogen) atoms. The summed E-state index contributed by atoms with van der Waals surface area (Å²) in [6.45, 7) is 9.40. The highest BCUT2D eigenvalue weighted by molar-refractivity contribution is 7.10. The fourth-order valence-electron chi connectivity index (χ4n) is 2.42. The first-order chi connectivity index (χ1) is 9.50. The number of hydrogen-bond acceptors (Lipinski definition) is 4. The Labute approximate surface area is 125 Å². The summed E-state index contributed by atoms with van der Waals surface area (Å²) in [7, 11) is 0. The third kappa shape index (κ3) is 3.40. The lowest BCUT2D eigenvalue weighted by molar-refractivity contribution is -0.131. The molecule has 1 saturated heterocycles. The Morgan fingerprint density at radius 1 is 1.40 bits per heavy atom. The Kier molecular flexibility index (Phi) is 5.18. The highest BCUT2D eigenvalue weighted by Crippen LogP contribution is 2.30. The first-order valence-electron chi connectivity index (χ1n) is 7.22. The van der Waals surface area contributed by atoms with E-state index in [4.69, 9.17) is 4.74 Å². The number of amides is 1. The van der Waals surface area contributed by atoms with E-state index in [0.717, 1.165) is 0 Å². The summed E-state index contributed by atoms with van der Waals surface area (Å²) in [4.78, 5) is 15.6. The average Bonchev–Trinajstić information content (AvgIpc) is 2.97. The Morgan fingerprint density at radius 3 is 2.70 bits per heavy atom. The van der Waals surface area contributed by atoms with Crippen molar-refractivity contribution in [1.29, 1.82) is 0 Å². The minimum Gasteiger partial charge on any atom is -0.377 e. The van der Waals surface area contributed by atoms with E-state index in [1.165, 1.54) is 4.88 Å². The van der Waals surface area contributed by atoms with Crippen LogP contribution in [0, 0.1) is 5.92 Å². The highest BCUT2D eigenvalue weighted by Gasteiger charge is 2.41. The van der Waals surface area contributed by atoms with Crippen LogP contribution in [0.4, 0.5) is 0 Å². The summed E-state index contributed by atoms with van der Waals surface area (Å²) < 4.78 is 5.60. The molecule has 0 radical (unpaired) electrons. The maximum Gasteiger partial charge on any atom is 0.241 e. The zero-order valence-corrected chi connectivity index (χ0v) is 13.4. The molecule has 1 aromatic heterocycles. The molecule has 5 heteroatoms. The molecule has 0 aromatic carbocycles. The van der Waals surface area contributed by atoms with Gasteiger partial charge in [0, 0.05) is 11.4 Å². The fourth-order valence-corrected chi connectivity index (χ4v) is 3.22. The minimum absolute atomic E-state index is 0.00865. The van der Waals surface area contributed by atoms with Crippen molar-refractivity contribution < 1.29 is 9.53 Å². The molecule has 1 fully saturated rings. The standard InChI is InChI=1S/C15H24N2O2S/c1-10(2)13-15(18)17(7-8-19-11(3)4)14(16-13)12-6-5-9-20-12/h5-6,9-11,13-14,16H,7-8H2,1-4H3. The predicted octanol–water partition coefficient (Wildman–Crippen LogP) is 2.63. The highest BCUT2D eigenvalue weighted by atomic mass is 32.1. The summed E-state index contributed by atoms with van der Waals surface area (Å²) in [5.74, 6) is 0.478. The number of nitrogens with one attached hydrogen (secondary N) is 1. The summed E-state index contributed by atoms with van der Waals surface area (Å²) in [6, 6.07) is 4.01. The first kappa shape index (κ1) is 15.5. The van der Waals surface area contributed by atoms with Gasteiger partial charge < -0.3 is 9.64 Å². The molecule has 112 valence electrons. The van der Waals surface area contributed by atoms with Crippen LogP contribution in [0.15, 0.2) is 17.5 Å². The molecule has 2 atom stereocenters. The van der Waals surface area contributed by atoms with Gasteiger partial charge in [-0.3, -0.25) is 10.1 Å². The molecule has 1 N–H and O–H groups in total. The van der Waals surface area contributed by atoms with Crippen LogP contribution in [-0.4, -0.2) is 36.1 Å². The monoisotopic (exact) mass is 296 g/mol. The predicted molar refractivity (Wildman–Crippen MR) is 81.6 cm³/mol. The van der Waals surface area contributed by atoms with Gasteiger partial charge in [0.1, 0.15) is 6.17 Å². The lowest BCUT2D eigenvalue weighted by Gasteiger charge is -2.23. The molecule has 1 aliphatic rings. The van der Waals surface area contributed by atoms with Crippen molar-refractivity contribution in [2.75, 3.05) is 13.2 Å². The molecule has 0 bridgehead atoms. The van der Waals surface area contributed by atoms with Gasteiger partial charge in [-0.1, -0.05) is 19.9 Å². The molecule has 2 heterocycles. The topological polar surface area (TPSA) is 41.6 Å². The first-order valence-corrected chi connectivity index (χ1v) is 8.10. The Bertz CT molecular complexity index is 431. The van der Waals surface area contributed by atoms with Gasteiger partial charge in [0.2, 0.25) is 5.91 Å². The second kappa shape index (κ2) is 6.70. The Morgan fingerprint density at radius 2 is 2.15 bits per heavy atom. The molecule has 0 spiro atoms. The van der Waals surface area contributed by atoms with Crippen LogP contribution < -0.4 is 5.32 Å². The second-order valence-electron chi connectivity index (χ2n) is 5.76. The van der Waals surface area contributed by atoms with Crippen LogP contribution in [0.5, 0.6) is 0 Å². The van der Waals surface area contributed by atoms with Gasteiger partial charge in [0.05, 0.1) is 18.8 Å². The Balaban J connectivity index is 2.09. The van der Waals surface area contributed by atoms with E-state index < -0.39 is 0 Å². The van der Waals surface area contributed by atoms with Gasteiger partial charge in [-0.25, -0.2) is 0 Å². The molecule has 1 amide bonds. The van der Waals surface area contributed by atoms with Gasteiger partial charge in [-0.05, 0) is 31.2 Å². The van der Waals surface area contributed by atoms with E-state index in [2.05, 4.69) is 25.2 Å². The van der Waals surface area contributed by atoms with Crippen molar-refractivity contribution in [3.63, 3.8) is 0 Å². The maximum absolute atomic E-state index is 12.5. The second-order valence-corrected chi connectivity index (χ2v) is 6.74. The zero-order valence-electron chi connectivity index (χ0n) is 12.6. The molecule has 1 aromatic rings. The molecule has 4 nitrogen and oxygen atoms in total. The van der Waals surface area contributed by atoms with Gasteiger partial charge in [-0.2, -0.15) is 0 Å². The van der Waals surface area contributed by atoms with Crippen molar-refractivity contribution in [2.24, 2.45) is 5.92 Å². The minimum atomic E-state index is -0.0962. The van der Waals surface area contributed by atoms with Crippen LogP contribution in [-0.2, 0) is 9.53 Å². The van der Waals surface area contributed by atoms with Crippen molar-refractivity contribution in [3.05, 3.63) is 22.4 Å². The van der Waals surface area contributed by atoms with Crippen LogP contribution in [0.25, 0.3) is 0 Å². The summed E-state index contributed by atoms with van der Waals surface area (Å²) in [6.07, 6.45) is 0.187. The van der Waals surface area contributed by atoms with Crippen molar-refractivity contribution >= 4 is 17.2 Å². The summed E-state index contributed by atoms with van der Waals surface area (Å²) in [5.41, 5.74) is 0. The number of nitrogens with zero attached hydrogens (tertiary/aromatic N) is 1. The van der Waals surface area contributed by atoms with Crippen molar-refractivity contribution in [2.45, 2.75) is 46.0 Å². The van der Waals surface area contributed by atoms with Crippen LogP contribution in [0.1, 0.15) is 38.7 Å². The van der Waals surface area contributed by atoms with Crippen LogP contribution in [0.3, 0.4) is 0 Å². The normalized spacial score (nSPS) is 23.3. The van der Waals surface area contributed by atoms with E-state index >= 15 is 0 Å². The largest absolute Gasteiger partial charge is 0.377 e. The molecule has 0 aliphatic carbocycles. The van der Waals surface area contributed by atoms with Gasteiger partial charge >= 0.3 is 0 Å². The molecule has 1 aliphatic heterocycles. The van der Waals surface area contributed by atoms with E-state index in [9.17, 15) is 4.79 Å². The number of carbonyl (C=O) groups is 1.